The fourth-order valence-electron chi connectivity index (χ4n) is 2.68. The summed E-state index contributed by atoms with van der Waals surface area (Å²) in [4.78, 5) is 4.65. The number of guanidine groups is 1. The first-order valence-electron chi connectivity index (χ1n) is 9.87. The van der Waals surface area contributed by atoms with E-state index >= 15 is 0 Å². The molecule has 0 saturated carbocycles. The predicted molar refractivity (Wildman–Crippen MR) is 113 cm³/mol. The third-order valence-electron chi connectivity index (χ3n) is 4.17. The molecule has 2 rings (SSSR count). The SMILES string of the molecule is CCNC(=NCc1cc(OC)c(OCC)c(OC)c1)NCc1cc(C(C)C)no1. The van der Waals surface area contributed by atoms with Gasteiger partial charge >= 0.3 is 0 Å². The van der Waals surface area contributed by atoms with Crippen molar-refractivity contribution in [2.75, 3.05) is 27.4 Å². The highest BCUT2D eigenvalue weighted by atomic mass is 16.5. The molecule has 0 unspecified atom stereocenters. The molecule has 0 aliphatic carbocycles. The molecular formula is C21H32N4O4. The van der Waals surface area contributed by atoms with Crippen LogP contribution in [0.2, 0.25) is 0 Å². The Morgan fingerprint density at radius 1 is 1.10 bits per heavy atom. The maximum absolute atomic E-state index is 5.65. The van der Waals surface area contributed by atoms with E-state index < -0.39 is 0 Å². The zero-order chi connectivity index (χ0) is 21.2. The number of ether oxygens (including phenoxy) is 3. The molecule has 1 heterocycles. The summed E-state index contributed by atoms with van der Waals surface area (Å²) < 4.78 is 21.9. The summed E-state index contributed by atoms with van der Waals surface area (Å²) in [6, 6.07) is 5.78. The molecule has 2 aromatic rings. The molecule has 0 fully saturated rings. The molecule has 8 heteroatoms. The molecule has 0 saturated heterocycles. The molecule has 0 radical (unpaired) electrons. The normalized spacial score (nSPS) is 11.5. The molecule has 1 aromatic heterocycles. The van der Waals surface area contributed by atoms with Crippen LogP contribution in [-0.2, 0) is 13.1 Å². The van der Waals surface area contributed by atoms with Crippen molar-refractivity contribution >= 4 is 5.96 Å². The largest absolute Gasteiger partial charge is 0.493 e. The lowest BCUT2D eigenvalue weighted by Gasteiger charge is -2.15. The Kier molecular flexibility index (Phi) is 8.64. The van der Waals surface area contributed by atoms with Gasteiger partial charge in [-0.3, -0.25) is 0 Å². The number of benzene rings is 1. The van der Waals surface area contributed by atoms with Gasteiger partial charge in [0.05, 0.1) is 39.6 Å². The first-order valence-corrected chi connectivity index (χ1v) is 9.87. The van der Waals surface area contributed by atoms with Crippen molar-refractivity contribution in [2.24, 2.45) is 4.99 Å². The number of hydrogen-bond donors (Lipinski definition) is 2. The minimum atomic E-state index is 0.332. The quantitative estimate of drug-likeness (QED) is 0.463. The number of rotatable bonds is 10. The summed E-state index contributed by atoms with van der Waals surface area (Å²) in [6.07, 6.45) is 0. The standard InChI is InChI=1S/C21H32N4O4/c1-7-22-21(24-13-16-11-17(14(3)4)25-29-16)23-12-15-9-18(26-5)20(28-8-2)19(10-15)27-6/h9-11,14H,7-8,12-13H2,1-6H3,(H2,22,23,24). The second-order valence-corrected chi connectivity index (χ2v) is 6.68. The van der Waals surface area contributed by atoms with Crippen LogP contribution in [0.15, 0.2) is 27.7 Å². The minimum Gasteiger partial charge on any atom is -0.493 e. The van der Waals surface area contributed by atoms with E-state index in [-0.39, 0.29) is 0 Å². The molecule has 0 atom stereocenters. The van der Waals surface area contributed by atoms with Gasteiger partial charge in [0.2, 0.25) is 5.75 Å². The Morgan fingerprint density at radius 2 is 1.79 bits per heavy atom. The van der Waals surface area contributed by atoms with Gasteiger partial charge in [0.15, 0.2) is 23.2 Å². The van der Waals surface area contributed by atoms with Crippen LogP contribution in [0.5, 0.6) is 17.2 Å². The predicted octanol–water partition coefficient (Wildman–Crippen LogP) is 3.47. The van der Waals surface area contributed by atoms with E-state index in [0.29, 0.717) is 48.8 Å². The van der Waals surface area contributed by atoms with E-state index in [4.69, 9.17) is 18.7 Å². The number of methoxy groups -OCH3 is 2. The van der Waals surface area contributed by atoms with Crippen LogP contribution < -0.4 is 24.8 Å². The maximum Gasteiger partial charge on any atom is 0.203 e. The highest BCUT2D eigenvalue weighted by molar-refractivity contribution is 5.79. The van der Waals surface area contributed by atoms with Crippen molar-refractivity contribution in [3.63, 3.8) is 0 Å². The molecular weight excluding hydrogens is 372 g/mol. The van der Waals surface area contributed by atoms with E-state index in [2.05, 4.69) is 34.6 Å². The molecule has 29 heavy (non-hydrogen) atoms. The Morgan fingerprint density at radius 3 is 2.31 bits per heavy atom. The highest BCUT2D eigenvalue weighted by Gasteiger charge is 2.14. The summed E-state index contributed by atoms with van der Waals surface area (Å²) in [5.74, 6) is 3.63. The molecule has 8 nitrogen and oxygen atoms in total. The van der Waals surface area contributed by atoms with Crippen LogP contribution in [0.1, 0.15) is 50.6 Å². The second kappa shape index (κ2) is 11.2. The smallest absolute Gasteiger partial charge is 0.203 e. The fourth-order valence-corrected chi connectivity index (χ4v) is 2.68. The van der Waals surface area contributed by atoms with Crippen LogP contribution in [-0.4, -0.2) is 38.5 Å². The molecule has 0 aliphatic heterocycles. The van der Waals surface area contributed by atoms with Gasteiger partial charge in [-0.25, -0.2) is 4.99 Å². The van der Waals surface area contributed by atoms with Gasteiger partial charge in [0, 0.05) is 12.6 Å². The Balaban J connectivity index is 2.12. The number of nitrogens with zero attached hydrogens (tertiary/aromatic N) is 2. The Labute approximate surface area is 172 Å². The van der Waals surface area contributed by atoms with E-state index in [9.17, 15) is 0 Å². The molecule has 0 amide bonds. The maximum atomic E-state index is 5.65. The molecule has 0 aliphatic rings. The van der Waals surface area contributed by atoms with E-state index in [0.717, 1.165) is 23.6 Å². The number of aliphatic imine (C=N–C) groups is 1. The zero-order valence-electron chi connectivity index (χ0n) is 18.2. The molecule has 160 valence electrons. The lowest BCUT2D eigenvalue weighted by Crippen LogP contribution is -2.36. The van der Waals surface area contributed by atoms with Gasteiger partial charge in [-0.1, -0.05) is 19.0 Å². The zero-order valence-corrected chi connectivity index (χ0v) is 18.2. The van der Waals surface area contributed by atoms with E-state index in [1.165, 1.54) is 0 Å². The van der Waals surface area contributed by atoms with Crippen molar-refractivity contribution < 1.29 is 18.7 Å². The van der Waals surface area contributed by atoms with Gasteiger partial charge in [-0.2, -0.15) is 0 Å². The molecule has 2 N–H and O–H groups in total. The highest BCUT2D eigenvalue weighted by Crippen LogP contribution is 2.38. The Bertz CT molecular complexity index is 777. The lowest BCUT2D eigenvalue weighted by atomic mass is 10.1. The van der Waals surface area contributed by atoms with Gasteiger partial charge in [-0.15, -0.1) is 0 Å². The van der Waals surface area contributed by atoms with Crippen LogP contribution in [0, 0.1) is 0 Å². The first kappa shape index (κ1) is 22.4. The van der Waals surface area contributed by atoms with Crippen molar-refractivity contribution in [1.29, 1.82) is 0 Å². The number of nitrogens with one attached hydrogen (secondary N) is 2. The fraction of sp³-hybridized carbons (Fsp3) is 0.524. The second-order valence-electron chi connectivity index (χ2n) is 6.68. The average Bonchev–Trinajstić information content (AvgIpc) is 3.20. The summed E-state index contributed by atoms with van der Waals surface area (Å²) >= 11 is 0. The van der Waals surface area contributed by atoms with Crippen LogP contribution >= 0.6 is 0 Å². The van der Waals surface area contributed by atoms with Crippen LogP contribution in [0.3, 0.4) is 0 Å². The van der Waals surface area contributed by atoms with E-state index in [1.807, 2.05) is 32.0 Å². The average molecular weight is 405 g/mol. The van der Waals surface area contributed by atoms with Crippen molar-refractivity contribution in [3.8, 4) is 17.2 Å². The molecule has 1 aromatic carbocycles. The monoisotopic (exact) mass is 404 g/mol. The topological polar surface area (TPSA) is 90.1 Å². The van der Waals surface area contributed by atoms with Crippen LogP contribution in [0.4, 0.5) is 0 Å². The summed E-state index contributed by atoms with van der Waals surface area (Å²) in [5, 5.41) is 10.6. The third kappa shape index (κ3) is 6.30. The lowest BCUT2D eigenvalue weighted by molar-refractivity contribution is 0.288. The number of aromatic nitrogens is 1. The summed E-state index contributed by atoms with van der Waals surface area (Å²) in [6.45, 7) is 10.3. The molecule has 0 bridgehead atoms. The third-order valence-corrected chi connectivity index (χ3v) is 4.17. The van der Waals surface area contributed by atoms with Gasteiger partial charge in [0.25, 0.3) is 0 Å². The Hall–Kier alpha value is -2.90. The molecule has 0 spiro atoms. The van der Waals surface area contributed by atoms with Gasteiger partial charge in [0.1, 0.15) is 0 Å². The van der Waals surface area contributed by atoms with Gasteiger partial charge < -0.3 is 29.4 Å². The van der Waals surface area contributed by atoms with E-state index in [1.54, 1.807) is 14.2 Å². The number of hydrogen-bond acceptors (Lipinski definition) is 6. The minimum absolute atomic E-state index is 0.332. The van der Waals surface area contributed by atoms with Crippen molar-refractivity contribution in [2.45, 2.75) is 46.7 Å². The first-order chi connectivity index (χ1) is 14.0. The summed E-state index contributed by atoms with van der Waals surface area (Å²) in [5.41, 5.74) is 1.89. The van der Waals surface area contributed by atoms with Crippen molar-refractivity contribution in [1.82, 2.24) is 15.8 Å². The van der Waals surface area contributed by atoms with Crippen LogP contribution in [0.25, 0.3) is 0 Å². The van der Waals surface area contributed by atoms with Crippen molar-refractivity contribution in [3.05, 3.63) is 35.2 Å². The van der Waals surface area contributed by atoms with Gasteiger partial charge in [-0.05, 0) is 37.5 Å². The summed E-state index contributed by atoms with van der Waals surface area (Å²) in [7, 11) is 3.22.